The molecule has 3 aromatic rings. The summed E-state index contributed by atoms with van der Waals surface area (Å²) >= 11 is 11.9. The smallest absolute Gasteiger partial charge is 0.229 e. The molecular formula is C16H14Cl3N4O-. The van der Waals surface area contributed by atoms with Crippen molar-refractivity contribution in [3.8, 4) is 0 Å². The van der Waals surface area contributed by atoms with Crippen LogP contribution >= 0.6 is 23.2 Å². The van der Waals surface area contributed by atoms with E-state index in [4.69, 9.17) is 28.3 Å². The standard InChI is InChI=1S/C16H14Cl2N4O.ClH/c17-12-6-5-10(9-13(12)18)20-16-21-14-4-2-1-3-11(14)15(22-16)19-7-8-23;/h1-6,9,23H,7-8H2,(H2,19,20,21,22);1H/p-1. The second kappa shape index (κ2) is 8.35. The Balaban J connectivity index is 0.00000208. The lowest BCUT2D eigenvalue weighted by atomic mass is 10.2. The van der Waals surface area contributed by atoms with Gasteiger partial charge in [-0.3, -0.25) is 0 Å². The molecule has 0 atom stereocenters. The van der Waals surface area contributed by atoms with Crippen LogP contribution in [0.4, 0.5) is 17.5 Å². The lowest BCUT2D eigenvalue weighted by Crippen LogP contribution is -3.00. The number of hydrogen-bond donors (Lipinski definition) is 3. The Morgan fingerprint density at radius 1 is 1.00 bits per heavy atom. The highest BCUT2D eigenvalue weighted by Crippen LogP contribution is 2.27. The van der Waals surface area contributed by atoms with Gasteiger partial charge in [0.2, 0.25) is 5.95 Å². The number of fused-ring (bicyclic) bond motifs is 1. The summed E-state index contributed by atoms with van der Waals surface area (Å²) in [4.78, 5) is 8.96. The van der Waals surface area contributed by atoms with Crippen LogP contribution in [0.25, 0.3) is 10.9 Å². The maximum absolute atomic E-state index is 9.01. The first-order valence-electron chi connectivity index (χ1n) is 7.01. The molecule has 0 aliphatic heterocycles. The number of aromatic nitrogens is 2. The number of rotatable bonds is 5. The fourth-order valence-corrected chi connectivity index (χ4v) is 2.44. The van der Waals surface area contributed by atoms with E-state index in [1.54, 1.807) is 18.2 Å². The molecule has 0 aliphatic carbocycles. The highest BCUT2D eigenvalue weighted by Gasteiger charge is 2.08. The van der Waals surface area contributed by atoms with Gasteiger partial charge in [-0.1, -0.05) is 35.3 Å². The van der Waals surface area contributed by atoms with Gasteiger partial charge in [-0.15, -0.1) is 0 Å². The molecule has 1 heterocycles. The van der Waals surface area contributed by atoms with Crippen LogP contribution in [0.1, 0.15) is 0 Å². The summed E-state index contributed by atoms with van der Waals surface area (Å²) in [7, 11) is 0. The zero-order valence-corrected chi connectivity index (χ0v) is 14.7. The summed E-state index contributed by atoms with van der Waals surface area (Å²) in [5, 5.41) is 17.1. The molecule has 0 unspecified atom stereocenters. The summed E-state index contributed by atoms with van der Waals surface area (Å²) in [6.07, 6.45) is 0. The summed E-state index contributed by atoms with van der Waals surface area (Å²) in [5.41, 5.74) is 1.54. The van der Waals surface area contributed by atoms with E-state index in [9.17, 15) is 0 Å². The minimum Gasteiger partial charge on any atom is -1.00 e. The van der Waals surface area contributed by atoms with Gasteiger partial charge in [-0.25, -0.2) is 4.98 Å². The predicted molar refractivity (Wildman–Crippen MR) is 94.9 cm³/mol. The van der Waals surface area contributed by atoms with E-state index >= 15 is 0 Å². The van der Waals surface area contributed by atoms with Crippen LogP contribution < -0.4 is 23.0 Å². The van der Waals surface area contributed by atoms with Gasteiger partial charge < -0.3 is 28.1 Å². The number of para-hydroxylation sites is 1. The Bertz CT molecular complexity index is 845. The SMILES string of the molecule is OCCNc1nc(Nc2ccc(Cl)c(Cl)c2)nc2ccccc12.[Cl-]. The van der Waals surface area contributed by atoms with Crippen LogP contribution in [-0.4, -0.2) is 28.2 Å². The van der Waals surface area contributed by atoms with Gasteiger partial charge in [-0.2, -0.15) is 4.98 Å². The van der Waals surface area contributed by atoms with Crippen molar-refractivity contribution in [3.63, 3.8) is 0 Å². The summed E-state index contributed by atoms with van der Waals surface area (Å²) in [6.45, 7) is 0.432. The van der Waals surface area contributed by atoms with Crippen molar-refractivity contribution < 1.29 is 17.5 Å². The van der Waals surface area contributed by atoms with Gasteiger partial charge in [0, 0.05) is 17.6 Å². The number of aliphatic hydroxyl groups is 1. The van der Waals surface area contributed by atoms with Crippen molar-refractivity contribution in [2.45, 2.75) is 0 Å². The molecule has 126 valence electrons. The molecule has 0 saturated heterocycles. The van der Waals surface area contributed by atoms with E-state index in [1.807, 2.05) is 24.3 Å². The molecule has 0 aliphatic rings. The van der Waals surface area contributed by atoms with E-state index < -0.39 is 0 Å². The van der Waals surface area contributed by atoms with Crippen LogP contribution in [0.2, 0.25) is 10.0 Å². The Hall–Kier alpha value is -1.79. The van der Waals surface area contributed by atoms with Gasteiger partial charge in [0.25, 0.3) is 0 Å². The third-order valence-electron chi connectivity index (χ3n) is 3.18. The molecule has 0 saturated carbocycles. The second-order valence-electron chi connectivity index (χ2n) is 4.82. The molecule has 3 N–H and O–H groups in total. The summed E-state index contributed by atoms with van der Waals surface area (Å²) in [6, 6.07) is 12.9. The minimum absolute atomic E-state index is 0. The monoisotopic (exact) mass is 383 g/mol. The molecule has 0 radical (unpaired) electrons. The maximum atomic E-state index is 9.01. The largest absolute Gasteiger partial charge is 1.00 e. The second-order valence-corrected chi connectivity index (χ2v) is 5.63. The van der Waals surface area contributed by atoms with Gasteiger partial charge in [0.05, 0.1) is 22.2 Å². The highest BCUT2D eigenvalue weighted by molar-refractivity contribution is 6.42. The molecule has 3 rings (SSSR count). The fourth-order valence-electron chi connectivity index (χ4n) is 2.14. The molecule has 8 heteroatoms. The molecule has 24 heavy (non-hydrogen) atoms. The first-order valence-corrected chi connectivity index (χ1v) is 7.76. The number of aliphatic hydroxyl groups excluding tert-OH is 1. The number of benzene rings is 2. The molecule has 1 aromatic heterocycles. The lowest BCUT2D eigenvalue weighted by molar-refractivity contribution is -0.00000557. The molecule has 5 nitrogen and oxygen atoms in total. The zero-order chi connectivity index (χ0) is 16.2. The first kappa shape index (κ1) is 18.5. The van der Waals surface area contributed by atoms with Crippen molar-refractivity contribution in [1.29, 1.82) is 0 Å². The van der Waals surface area contributed by atoms with Crippen molar-refractivity contribution >= 4 is 51.6 Å². The van der Waals surface area contributed by atoms with E-state index in [2.05, 4.69) is 20.6 Å². The minimum atomic E-state index is 0. The van der Waals surface area contributed by atoms with E-state index in [1.165, 1.54) is 0 Å². The normalized spacial score (nSPS) is 10.3. The lowest BCUT2D eigenvalue weighted by Gasteiger charge is -2.11. The number of hydrogen-bond acceptors (Lipinski definition) is 5. The number of halogens is 3. The van der Waals surface area contributed by atoms with E-state index in [0.717, 1.165) is 16.6 Å². The van der Waals surface area contributed by atoms with Crippen LogP contribution in [0.15, 0.2) is 42.5 Å². The average Bonchev–Trinajstić information content (AvgIpc) is 2.56. The molecule has 2 aromatic carbocycles. The van der Waals surface area contributed by atoms with Crippen molar-refractivity contribution in [1.82, 2.24) is 9.97 Å². The first-order chi connectivity index (χ1) is 11.2. The van der Waals surface area contributed by atoms with Gasteiger partial charge in [0.1, 0.15) is 5.82 Å². The summed E-state index contributed by atoms with van der Waals surface area (Å²) < 4.78 is 0. The summed E-state index contributed by atoms with van der Waals surface area (Å²) in [5.74, 6) is 1.09. The zero-order valence-electron chi connectivity index (χ0n) is 12.4. The predicted octanol–water partition coefficient (Wildman–Crippen LogP) is 1.09. The van der Waals surface area contributed by atoms with Crippen molar-refractivity contribution in [2.75, 3.05) is 23.8 Å². The Morgan fingerprint density at radius 2 is 1.79 bits per heavy atom. The fraction of sp³-hybridized carbons (Fsp3) is 0.125. The van der Waals surface area contributed by atoms with Crippen LogP contribution in [0.5, 0.6) is 0 Å². The average molecular weight is 385 g/mol. The Labute approximate surface area is 155 Å². The van der Waals surface area contributed by atoms with E-state index in [-0.39, 0.29) is 19.0 Å². The quantitative estimate of drug-likeness (QED) is 0.614. The Morgan fingerprint density at radius 3 is 2.54 bits per heavy atom. The van der Waals surface area contributed by atoms with Crippen LogP contribution in [0, 0.1) is 0 Å². The van der Waals surface area contributed by atoms with Gasteiger partial charge >= 0.3 is 0 Å². The highest BCUT2D eigenvalue weighted by atomic mass is 35.5. The third kappa shape index (κ3) is 4.19. The third-order valence-corrected chi connectivity index (χ3v) is 3.92. The number of nitrogens with one attached hydrogen (secondary N) is 2. The van der Waals surface area contributed by atoms with Gasteiger partial charge in [-0.05, 0) is 30.3 Å². The topological polar surface area (TPSA) is 70.1 Å². The maximum Gasteiger partial charge on any atom is 0.229 e. The molecule has 0 spiro atoms. The number of anilines is 3. The van der Waals surface area contributed by atoms with Gasteiger partial charge in [0.15, 0.2) is 0 Å². The van der Waals surface area contributed by atoms with Crippen molar-refractivity contribution in [2.24, 2.45) is 0 Å². The van der Waals surface area contributed by atoms with Crippen LogP contribution in [-0.2, 0) is 0 Å². The number of nitrogens with zero attached hydrogens (tertiary/aromatic N) is 2. The molecule has 0 fully saturated rings. The molecule has 0 bridgehead atoms. The molecule has 0 amide bonds. The molecular weight excluding hydrogens is 371 g/mol. The van der Waals surface area contributed by atoms with E-state index in [0.29, 0.717) is 28.4 Å². The van der Waals surface area contributed by atoms with Crippen LogP contribution in [0.3, 0.4) is 0 Å². The van der Waals surface area contributed by atoms with Crippen molar-refractivity contribution in [3.05, 3.63) is 52.5 Å². The Kier molecular flexibility index (Phi) is 6.45.